The number of hydrogen-bond acceptors (Lipinski definition) is 4. The topological polar surface area (TPSA) is 64.4 Å². The first-order valence-electron chi connectivity index (χ1n) is 8.07. The molecular formula is C17H23N3O3S. The minimum atomic E-state index is -3.59. The van der Waals surface area contributed by atoms with E-state index in [1.54, 1.807) is 22.6 Å². The average Bonchev–Trinajstić information content (AvgIpc) is 3.18. The standard InChI is InChI=1S/C17H23N3O3S/c1-13-6-7-16(23-3)17(11-13)24(21,22)20-9-4-5-15(20)12-19-10-8-18-14(19)2/h6-8,10-11,15H,4-5,9,12H2,1-3H3. The molecule has 1 saturated heterocycles. The molecule has 1 atom stereocenters. The molecule has 0 aliphatic carbocycles. The minimum absolute atomic E-state index is 0.0619. The predicted molar refractivity (Wildman–Crippen MR) is 91.6 cm³/mol. The Morgan fingerprint density at radius 1 is 1.33 bits per heavy atom. The van der Waals surface area contributed by atoms with Crippen molar-refractivity contribution in [2.75, 3.05) is 13.7 Å². The van der Waals surface area contributed by atoms with Crippen LogP contribution in [0.4, 0.5) is 0 Å². The molecule has 1 aromatic heterocycles. The zero-order chi connectivity index (χ0) is 17.3. The van der Waals surface area contributed by atoms with Crippen LogP contribution < -0.4 is 4.74 Å². The Morgan fingerprint density at radius 2 is 2.12 bits per heavy atom. The first kappa shape index (κ1) is 17.0. The van der Waals surface area contributed by atoms with Crippen LogP contribution in [0.5, 0.6) is 5.75 Å². The summed E-state index contributed by atoms with van der Waals surface area (Å²) in [6.07, 6.45) is 5.36. The zero-order valence-electron chi connectivity index (χ0n) is 14.3. The minimum Gasteiger partial charge on any atom is -0.495 e. The lowest BCUT2D eigenvalue weighted by Crippen LogP contribution is -2.38. The van der Waals surface area contributed by atoms with Crippen LogP contribution in [-0.4, -0.2) is 42.0 Å². The molecule has 24 heavy (non-hydrogen) atoms. The maximum atomic E-state index is 13.2. The molecule has 0 N–H and O–H groups in total. The second-order valence-electron chi connectivity index (χ2n) is 6.19. The number of sulfonamides is 1. The number of ether oxygens (including phenoxy) is 1. The van der Waals surface area contributed by atoms with Crippen molar-refractivity contribution in [2.24, 2.45) is 0 Å². The van der Waals surface area contributed by atoms with E-state index in [-0.39, 0.29) is 10.9 Å². The Hall–Kier alpha value is -1.86. The molecule has 0 spiro atoms. The lowest BCUT2D eigenvalue weighted by Gasteiger charge is -2.25. The molecule has 1 aliphatic rings. The van der Waals surface area contributed by atoms with E-state index in [0.717, 1.165) is 24.2 Å². The molecular weight excluding hydrogens is 326 g/mol. The van der Waals surface area contributed by atoms with Crippen LogP contribution in [0.15, 0.2) is 35.5 Å². The monoisotopic (exact) mass is 349 g/mol. The molecule has 0 amide bonds. The molecule has 2 aromatic rings. The summed E-state index contributed by atoms with van der Waals surface area (Å²) in [5.41, 5.74) is 0.899. The summed E-state index contributed by atoms with van der Waals surface area (Å²) < 4.78 is 35.3. The largest absolute Gasteiger partial charge is 0.495 e. The van der Waals surface area contributed by atoms with Crippen LogP contribution >= 0.6 is 0 Å². The van der Waals surface area contributed by atoms with Crippen LogP contribution in [0.2, 0.25) is 0 Å². The lowest BCUT2D eigenvalue weighted by molar-refractivity contribution is 0.346. The summed E-state index contributed by atoms with van der Waals surface area (Å²) in [5, 5.41) is 0. The van der Waals surface area contributed by atoms with E-state index in [4.69, 9.17) is 4.74 Å². The van der Waals surface area contributed by atoms with Gasteiger partial charge in [0.1, 0.15) is 16.5 Å². The summed E-state index contributed by atoms with van der Waals surface area (Å²) in [6, 6.07) is 5.20. The van der Waals surface area contributed by atoms with Crippen LogP contribution in [0.1, 0.15) is 24.2 Å². The van der Waals surface area contributed by atoms with Gasteiger partial charge in [-0.2, -0.15) is 4.31 Å². The maximum Gasteiger partial charge on any atom is 0.247 e. The molecule has 0 bridgehead atoms. The number of nitrogens with zero attached hydrogens (tertiary/aromatic N) is 3. The molecule has 6 nitrogen and oxygen atoms in total. The first-order valence-corrected chi connectivity index (χ1v) is 9.51. The van der Waals surface area contributed by atoms with Gasteiger partial charge in [-0.05, 0) is 44.4 Å². The van der Waals surface area contributed by atoms with Crippen molar-refractivity contribution < 1.29 is 13.2 Å². The summed E-state index contributed by atoms with van der Waals surface area (Å²) in [7, 11) is -2.09. The normalized spacial score (nSPS) is 18.9. The fraction of sp³-hybridized carbons (Fsp3) is 0.471. The van der Waals surface area contributed by atoms with E-state index in [1.165, 1.54) is 7.11 Å². The Balaban J connectivity index is 1.94. The summed E-state index contributed by atoms with van der Waals surface area (Å²) >= 11 is 0. The quantitative estimate of drug-likeness (QED) is 0.831. The number of rotatable bonds is 5. The maximum absolute atomic E-state index is 13.2. The van der Waals surface area contributed by atoms with Gasteiger partial charge in [-0.25, -0.2) is 13.4 Å². The zero-order valence-corrected chi connectivity index (χ0v) is 15.1. The Morgan fingerprint density at radius 3 is 2.79 bits per heavy atom. The average molecular weight is 349 g/mol. The van der Waals surface area contributed by atoms with E-state index in [1.807, 2.05) is 30.7 Å². The van der Waals surface area contributed by atoms with Crippen molar-refractivity contribution >= 4 is 10.0 Å². The van der Waals surface area contributed by atoms with E-state index in [9.17, 15) is 8.42 Å². The van der Waals surface area contributed by atoms with E-state index < -0.39 is 10.0 Å². The first-order chi connectivity index (χ1) is 11.4. The molecule has 1 fully saturated rings. The molecule has 0 radical (unpaired) electrons. The predicted octanol–water partition coefficient (Wildman–Crippen LogP) is 2.36. The van der Waals surface area contributed by atoms with Gasteiger partial charge >= 0.3 is 0 Å². The molecule has 2 heterocycles. The molecule has 130 valence electrons. The van der Waals surface area contributed by atoms with Gasteiger partial charge in [0, 0.05) is 31.5 Å². The highest BCUT2D eigenvalue weighted by Crippen LogP contribution is 2.32. The number of hydrogen-bond donors (Lipinski definition) is 0. The highest BCUT2D eigenvalue weighted by Gasteiger charge is 2.37. The summed E-state index contributed by atoms with van der Waals surface area (Å²) in [6.45, 7) is 4.98. The smallest absolute Gasteiger partial charge is 0.247 e. The second kappa shape index (κ2) is 6.57. The number of benzene rings is 1. The molecule has 3 rings (SSSR count). The number of aryl methyl sites for hydroxylation is 2. The van der Waals surface area contributed by atoms with Crippen molar-refractivity contribution in [3.05, 3.63) is 42.0 Å². The van der Waals surface area contributed by atoms with E-state index >= 15 is 0 Å². The van der Waals surface area contributed by atoms with Crippen molar-refractivity contribution in [3.8, 4) is 5.75 Å². The third-order valence-electron chi connectivity index (χ3n) is 4.56. The Bertz CT molecular complexity index is 829. The van der Waals surface area contributed by atoms with Crippen molar-refractivity contribution in [2.45, 2.75) is 44.2 Å². The highest BCUT2D eigenvalue weighted by molar-refractivity contribution is 7.89. The van der Waals surface area contributed by atoms with E-state index in [2.05, 4.69) is 4.98 Å². The molecule has 1 unspecified atom stereocenters. The number of imidazole rings is 1. The van der Waals surface area contributed by atoms with Crippen molar-refractivity contribution in [3.63, 3.8) is 0 Å². The van der Waals surface area contributed by atoms with Crippen molar-refractivity contribution in [1.82, 2.24) is 13.9 Å². The van der Waals surface area contributed by atoms with Gasteiger partial charge in [-0.1, -0.05) is 6.07 Å². The van der Waals surface area contributed by atoms with Gasteiger partial charge in [0.25, 0.3) is 0 Å². The third-order valence-corrected chi connectivity index (χ3v) is 6.53. The fourth-order valence-electron chi connectivity index (χ4n) is 3.24. The van der Waals surface area contributed by atoms with Gasteiger partial charge in [0.05, 0.1) is 7.11 Å². The molecule has 1 aliphatic heterocycles. The summed E-state index contributed by atoms with van der Waals surface area (Å²) in [5.74, 6) is 1.29. The highest BCUT2D eigenvalue weighted by atomic mass is 32.2. The van der Waals surface area contributed by atoms with Crippen LogP contribution in [-0.2, 0) is 16.6 Å². The van der Waals surface area contributed by atoms with Gasteiger partial charge in [0.2, 0.25) is 10.0 Å². The summed E-state index contributed by atoms with van der Waals surface area (Å²) in [4.78, 5) is 4.47. The second-order valence-corrected chi connectivity index (χ2v) is 8.05. The van der Waals surface area contributed by atoms with Gasteiger partial charge in [0.15, 0.2) is 0 Å². The molecule has 0 saturated carbocycles. The van der Waals surface area contributed by atoms with Gasteiger partial charge in [-0.3, -0.25) is 0 Å². The Labute approximate surface area is 143 Å². The third kappa shape index (κ3) is 3.06. The van der Waals surface area contributed by atoms with Gasteiger partial charge < -0.3 is 9.30 Å². The lowest BCUT2D eigenvalue weighted by atomic mass is 10.2. The SMILES string of the molecule is COc1ccc(C)cc1S(=O)(=O)N1CCCC1Cn1ccnc1C. The van der Waals surface area contributed by atoms with Crippen molar-refractivity contribution in [1.29, 1.82) is 0 Å². The molecule has 7 heteroatoms. The van der Waals surface area contributed by atoms with Crippen LogP contribution in [0.3, 0.4) is 0 Å². The van der Waals surface area contributed by atoms with Crippen LogP contribution in [0.25, 0.3) is 0 Å². The number of aromatic nitrogens is 2. The molecule has 1 aromatic carbocycles. The van der Waals surface area contributed by atoms with E-state index in [0.29, 0.717) is 18.8 Å². The Kier molecular flexibility index (Phi) is 4.64. The van der Waals surface area contributed by atoms with Crippen LogP contribution in [0, 0.1) is 13.8 Å². The fourth-order valence-corrected chi connectivity index (χ4v) is 5.17. The number of methoxy groups -OCH3 is 1. The van der Waals surface area contributed by atoms with Gasteiger partial charge in [-0.15, -0.1) is 0 Å².